The van der Waals surface area contributed by atoms with Crippen molar-refractivity contribution in [1.29, 1.82) is 0 Å². The van der Waals surface area contributed by atoms with Gasteiger partial charge in [-0.05, 0) is 43.5 Å². The average Bonchev–Trinajstić information content (AvgIpc) is 3.05. The number of hydrogen-bond donors (Lipinski definition) is 1. The highest BCUT2D eigenvalue weighted by atomic mass is 16.4. The molecule has 1 N–H and O–H groups in total. The van der Waals surface area contributed by atoms with Crippen LogP contribution in [-0.4, -0.2) is 34.0 Å². The number of aryl methyl sites for hydroxylation is 1. The number of fused-ring (bicyclic) bond motifs is 2. The number of oxazole rings is 1. The van der Waals surface area contributed by atoms with Gasteiger partial charge in [0.1, 0.15) is 0 Å². The second-order valence-electron chi connectivity index (χ2n) is 8.27. The minimum absolute atomic E-state index is 0.0623. The van der Waals surface area contributed by atoms with Crippen molar-refractivity contribution in [2.75, 3.05) is 13.1 Å². The molecule has 3 aromatic rings. The molecule has 2 aromatic carbocycles. The molecule has 1 aliphatic rings. The third-order valence-corrected chi connectivity index (χ3v) is 5.84. The second-order valence-corrected chi connectivity index (χ2v) is 8.27. The molecule has 0 spiro atoms. The summed E-state index contributed by atoms with van der Waals surface area (Å²) < 4.78 is 6.74. The fraction of sp³-hybridized carbons (Fsp3) is 0.391. The predicted molar refractivity (Wildman–Crippen MR) is 113 cm³/mol. The van der Waals surface area contributed by atoms with E-state index in [1.54, 1.807) is 6.07 Å². The van der Waals surface area contributed by atoms with Crippen molar-refractivity contribution >= 4 is 17.0 Å². The van der Waals surface area contributed by atoms with Crippen LogP contribution in [0.1, 0.15) is 31.4 Å². The topological polar surface area (TPSA) is 67.5 Å². The quantitative estimate of drug-likeness (QED) is 0.699. The lowest BCUT2D eigenvalue weighted by atomic mass is 9.94. The van der Waals surface area contributed by atoms with E-state index in [0.29, 0.717) is 18.7 Å². The Labute approximate surface area is 170 Å². The van der Waals surface area contributed by atoms with E-state index < -0.39 is 5.76 Å². The van der Waals surface area contributed by atoms with Crippen LogP contribution in [0.5, 0.6) is 0 Å². The highest BCUT2D eigenvalue weighted by molar-refractivity contribution is 5.76. The molecular formula is C23H27N3O3. The molecule has 0 radical (unpaired) electrons. The summed E-state index contributed by atoms with van der Waals surface area (Å²) in [7, 11) is 0. The van der Waals surface area contributed by atoms with Crippen molar-refractivity contribution in [3.63, 3.8) is 0 Å². The summed E-state index contributed by atoms with van der Waals surface area (Å²) >= 11 is 0. The monoisotopic (exact) mass is 393 g/mol. The molecule has 152 valence electrons. The maximum absolute atomic E-state index is 12.4. The first-order valence-electron chi connectivity index (χ1n) is 10.1. The average molecular weight is 393 g/mol. The molecular weight excluding hydrogens is 366 g/mol. The molecule has 1 aromatic heterocycles. The van der Waals surface area contributed by atoms with E-state index in [4.69, 9.17) is 4.42 Å². The molecule has 1 aliphatic heterocycles. The molecule has 1 amide bonds. The molecule has 0 saturated heterocycles. The SMILES string of the molecule is CC(C)(CNC(=O)CCn1c(=O)oc2ccccc21)N1CCc2ccccc2C1. The Bertz CT molecular complexity index is 1080. The van der Waals surface area contributed by atoms with Crippen molar-refractivity contribution in [2.24, 2.45) is 0 Å². The van der Waals surface area contributed by atoms with Crippen molar-refractivity contribution < 1.29 is 9.21 Å². The molecule has 4 rings (SSSR count). The number of para-hydroxylation sites is 2. The van der Waals surface area contributed by atoms with Gasteiger partial charge >= 0.3 is 5.76 Å². The first-order chi connectivity index (χ1) is 13.9. The summed E-state index contributed by atoms with van der Waals surface area (Å²) in [5.74, 6) is -0.487. The molecule has 0 bridgehead atoms. The Morgan fingerprint density at radius 1 is 1.10 bits per heavy atom. The second kappa shape index (κ2) is 7.87. The minimum Gasteiger partial charge on any atom is -0.408 e. The fourth-order valence-electron chi connectivity index (χ4n) is 3.97. The van der Waals surface area contributed by atoms with Crippen LogP contribution in [0, 0.1) is 0 Å². The summed E-state index contributed by atoms with van der Waals surface area (Å²) in [4.78, 5) is 26.9. The van der Waals surface area contributed by atoms with Crippen molar-refractivity contribution in [2.45, 2.75) is 45.3 Å². The van der Waals surface area contributed by atoms with Gasteiger partial charge in [0.2, 0.25) is 5.91 Å². The van der Waals surface area contributed by atoms with E-state index in [0.717, 1.165) is 25.0 Å². The van der Waals surface area contributed by atoms with E-state index in [1.165, 1.54) is 15.7 Å². The van der Waals surface area contributed by atoms with Gasteiger partial charge in [0.15, 0.2) is 5.58 Å². The first kappa shape index (κ1) is 19.5. The number of aromatic nitrogens is 1. The lowest BCUT2D eigenvalue weighted by Gasteiger charge is -2.41. The molecule has 6 heteroatoms. The number of carbonyl (C=O) groups excluding carboxylic acids is 1. The number of rotatable bonds is 6. The Balaban J connectivity index is 1.33. The van der Waals surface area contributed by atoms with E-state index >= 15 is 0 Å². The first-order valence-corrected chi connectivity index (χ1v) is 10.1. The zero-order valence-corrected chi connectivity index (χ0v) is 17.0. The summed E-state index contributed by atoms with van der Waals surface area (Å²) in [6, 6.07) is 15.8. The van der Waals surface area contributed by atoms with Crippen LogP contribution in [0.15, 0.2) is 57.7 Å². The smallest absolute Gasteiger partial charge is 0.408 e. The molecule has 6 nitrogen and oxygen atoms in total. The minimum atomic E-state index is -0.425. The van der Waals surface area contributed by atoms with Gasteiger partial charge in [0.25, 0.3) is 0 Å². The molecule has 2 heterocycles. The summed E-state index contributed by atoms with van der Waals surface area (Å²) in [6.45, 7) is 7.07. The zero-order valence-electron chi connectivity index (χ0n) is 17.0. The fourth-order valence-corrected chi connectivity index (χ4v) is 3.97. The molecule has 0 aliphatic carbocycles. The zero-order chi connectivity index (χ0) is 20.4. The number of nitrogens with one attached hydrogen (secondary N) is 1. The van der Waals surface area contributed by atoms with Gasteiger partial charge in [-0.15, -0.1) is 0 Å². The summed E-state index contributed by atoms with van der Waals surface area (Å²) in [5, 5.41) is 3.05. The third-order valence-electron chi connectivity index (χ3n) is 5.84. The molecule has 0 saturated carbocycles. The van der Waals surface area contributed by atoms with Crippen LogP contribution in [-0.2, 0) is 24.3 Å². The Hall–Kier alpha value is -2.86. The summed E-state index contributed by atoms with van der Waals surface area (Å²) in [5.41, 5.74) is 3.90. The van der Waals surface area contributed by atoms with Crippen LogP contribution >= 0.6 is 0 Å². The van der Waals surface area contributed by atoms with Crippen molar-refractivity contribution in [3.8, 4) is 0 Å². The maximum Gasteiger partial charge on any atom is 0.419 e. The number of benzene rings is 2. The van der Waals surface area contributed by atoms with E-state index in [2.05, 4.69) is 48.3 Å². The number of amides is 1. The van der Waals surface area contributed by atoms with Gasteiger partial charge in [-0.2, -0.15) is 0 Å². The summed E-state index contributed by atoms with van der Waals surface area (Å²) in [6.07, 6.45) is 1.27. The van der Waals surface area contributed by atoms with Gasteiger partial charge in [-0.25, -0.2) is 4.79 Å². The van der Waals surface area contributed by atoms with Crippen molar-refractivity contribution in [3.05, 3.63) is 70.2 Å². The van der Waals surface area contributed by atoms with Gasteiger partial charge in [-0.3, -0.25) is 14.3 Å². The van der Waals surface area contributed by atoms with Gasteiger partial charge < -0.3 is 9.73 Å². The van der Waals surface area contributed by atoms with Crippen LogP contribution in [0.4, 0.5) is 0 Å². The number of hydrogen-bond acceptors (Lipinski definition) is 4. The Morgan fingerprint density at radius 2 is 1.83 bits per heavy atom. The van der Waals surface area contributed by atoms with Crippen LogP contribution in [0.25, 0.3) is 11.1 Å². The van der Waals surface area contributed by atoms with Gasteiger partial charge in [-0.1, -0.05) is 36.4 Å². The van der Waals surface area contributed by atoms with Crippen LogP contribution < -0.4 is 11.1 Å². The molecule has 0 atom stereocenters. The number of carbonyl (C=O) groups is 1. The number of nitrogens with zero attached hydrogens (tertiary/aromatic N) is 2. The standard InChI is InChI=1S/C23H27N3O3/c1-23(2,25-13-11-17-7-3-4-8-18(17)15-25)16-24-21(27)12-14-26-19-9-5-6-10-20(19)29-22(26)28/h3-10H,11-16H2,1-2H3,(H,24,27). The van der Waals surface area contributed by atoms with E-state index in [-0.39, 0.29) is 17.9 Å². The lowest BCUT2D eigenvalue weighted by Crippen LogP contribution is -2.53. The van der Waals surface area contributed by atoms with E-state index in [1.807, 2.05) is 18.2 Å². The maximum atomic E-state index is 12.4. The molecule has 29 heavy (non-hydrogen) atoms. The molecule has 0 fully saturated rings. The van der Waals surface area contributed by atoms with Gasteiger partial charge in [0, 0.05) is 38.1 Å². The third kappa shape index (κ3) is 4.12. The van der Waals surface area contributed by atoms with Crippen LogP contribution in [0.3, 0.4) is 0 Å². The van der Waals surface area contributed by atoms with Crippen LogP contribution in [0.2, 0.25) is 0 Å². The van der Waals surface area contributed by atoms with Gasteiger partial charge in [0.05, 0.1) is 5.52 Å². The highest BCUT2D eigenvalue weighted by Gasteiger charge is 2.30. The molecule has 0 unspecified atom stereocenters. The lowest BCUT2D eigenvalue weighted by molar-refractivity contribution is -0.121. The predicted octanol–water partition coefficient (Wildman–Crippen LogP) is 2.94. The van der Waals surface area contributed by atoms with E-state index in [9.17, 15) is 9.59 Å². The highest BCUT2D eigenvalue weighted by Crippen LogP contribution is 2.25. The van der Waals surface area contributed by atoms with Crippen molar-refractivity contribution in [1.82, 2.24) is 14.8 Å². The Morgan fingerprint density at radius 3 is 2.66 bits per heavy atom. The largest absolute Gasteiger partial charge is 0.419 e. The normalized spacial score (nSPS) is 14.7. The Kier molecular flexibility index (Phi) is 5.28.